The van der Waals surface area contributed by atoms with Crippen LogP contribution < -0.4 is 5.32 Å². The van der Waals surface area contributed by atoms with E-state index in [2.05, 4.69) is 15.5 Å². The number of aryl methyl sites for hydroxylation is 1. The van der Waals surface area contributed by atoms with Crippen LogP contribution in [0.2, 0.25) is 0 Å². The van der Waals surface area contributed by atoms with E-state index in [1.807, 2.05) is 13.0 Å². The van der Waals surface area contributed by atoms with E-state index in [0.717, 1.165) is 5.56 Å². The first kappa shape index (κ1) is 9.92. The fourth-order valence-corrected chi connectivity index (χ4v) is 0.857. The SMILES string of the molecule is Cc1cnnc(NCC(C)(C)O)c1. The monoisotopic (exact) mass is 181 g/mol. The fraction of sp³-hybridized carbons (Fsp3) is 0.556. The number of hydrogen-bond donors (Lipinski definition) is 2. The second-order valence-electron chi connectivity index (χ2n) is 3.78. The average Bonchev–Trinajstić information content (AvgIpc) is 2.00. The van der Waals surface area contributed by atoms with Gasteiger partial charge < -0.3 is 10.4 Å². The molecule has 0 atom stereocenters. The lowest BCUT2D eigenvalue weighted by atomic mass is 10.1. The zero-order valence-electron chi connectivity index (χ0n) is 8.20. The van der Waals surface area contributed by atoms with Gasteiger partial charge in [0.2, 0.25) is 0 Å². The molecular formula is C9H15N3O. The van der Waals surface area contributed by atoms with E-state index in [-0.39, 0.29) is 0 Å². The Balaban J connectivity index is 2.55. The van der Waals surface area contributed by atoms with Gasteiger partial charge in [-0.1, -0.05) is 0 Å². The molecule has 0 spiro atoms. The number of rotatable bonds is 3. The summed E-state index contributed by atoms with van der Waals surface area (Å²) >= 11 is 0. The minimum absolute atomic E-state index is 0.463. The molecule has 0 unspecified atom stereocenters. The third-order valence-corrected chi connectivity index (χ3v) is 1.49. The van der Waals surface area contributed by atoms with E-state index in [1.165, 1.54) is 0 Å². The van der Waals surface area contributed by atoms with Crippen molar-refractivity contribution in [3.63, 3.8) is 0 Å². The summed E-state index contributed by atoms with van der Waals surface area (Å²) in [6, 6.07) is 1.89. The van der Waals surface area contributed by atoms with Crippen LogP contribution in [0.3, 0.4) is 0 Å². The van der Waals surface area contributed by atoms with Gasteiger partial charge in [-0.25, -0.2) is 0 Å². The average molecular weight is 181 g/mol. The van der Waals surface area contributed by atoms with Gasteiger partial charge in [-0.15, -0.1) is 5.10 Å². The minimum atomic E-state index is -0.731. The van der Waals surface area contributed by atoms with Gasteiger partial charge >= 0.3 is 0 Å². The lowest BCUT2D eigenvalue weighted by Gasteiger charge is -2.17. The molecule has 0 aromatic carbocycles. The van der Waals surface area contributed by atoms with Crippen LogP contribution in [-0.2, 0) is 0 Å². The Bertz CT molecular complexity index is 280. The molecule has 1 aromatic heterocycles. The zero-order chi connectivity index (χ0) is 9.90. The quantitative estimate of drug-likeness (QED) is 0.729. The molecule has 1 rings (SSSR count). The molecule has 0 saturated heterocycles. The highest BCUT2D eigenvalue weighted by molar-refractivity contribution is 5.35. The Kier molecular flexibility index (Phi) is 2.83. The van der Waals surface area contributed by atoms with Crippen LogP contribution in [0.1, 0.15) is 19.4 Å². The molecule has 0 bridgehead atoms. The van der Waals surface area contributed by atoms with Gasteiger partial charge in [0.05, 0.1) is 11.8 Å². The molecule has 4 nitrogen and oxygen atoms in total. The van der Waals surface area contributed by atoms with E-state index in [1.54, 1.807) is 20.0 Å². The molecular weight excluding hydrogens is 166 g/mol. The lowest BCUT2D eigenvalue weighted by molar-refractivity contribution is 0.0944. The molecule has 0 amide bonds. The molecule has 72 valence electrons. The molecule has 0 radical (unpaired) electrons. The van der Waals surface area contributed by atoms with Crippen molar-refractivity contribution in [3.05, 3.63) is 17.8 Å². The number of nitrogens with one attached hydrogen (secondary N) is 1. The molecule has 1 heterocycles. The Labute approximate surface area is 78.0 Å². The highest BCUT2D eigenvalue weighted by atomic mass is 16.3. The molecule has 2 N–H and O–H groups in total. The van der Waals surface area contributed by atoms with E-state index in [4.69, 9.17) is 0 Å². The van der Waals surface area contributed by atoms with Crippen molar-refractivity contribution >= 4 is 5.82 Å². The molecule has 0 aliphatic rings. The number of anilines is 1. The van der Waals surface area contributed by atoms with E-state index in [0.29, 0.717) is 12.4 Å². The Morgan fingerprint density at radius 1 is 1.54 bits per heavy atom. The summed E-state index contributed by atoms with van der Waals surface area (Å²) in [6.45, 7) is 5.89. The molecule has 4 heteroatoms. The van der Waals surface area contributed by atoms with Crippen molar-refractivity contribution in [3.8, 4) is 0 Å². The molecule has 0 aliphatic heterocycles. The maximum Gasteiger partial charge on any atom is 0.149 e. The molecule has 0 saturated carbocycles. The highest BCUT2D eigenvalue weighted by Crippen LogP contribution is 2.06. The van der Waals surface area contributed by atoms with Crippen LogP contribution in [0.4, 0.5) is 5.82 Å². The molecule has 1 aromatic rings. The standard InChI is InChI=1S/C9H15N3O/c1-7-4-8(12-11-5-7)10-6-9(2,3)13/h4-5,13H,6H2,1-3H3,(H,10,12). The third-order valence-electron chi connectivity index (χ3n) is 1.49. The molecule has 0 fully saturated rings. The van der Waals surface area contributed by atoms with E-state index in [9.17, 15) is 5.11 Å². The van der Waals surface area contributed by atoms with Crippen molar-refractivity contribution in [1.82, 2.24) is 10.2 Å². The maximum atomic E-state index is 9.44. The van der Waals surface area contributed by atoms with Crippen LogP contribution in [0, 0.1) is 6.92 Å². The minimum Gasteiger partial charge on any atom is -0.389 e. The largest absolute Gasteiger partial charge is 0.389 e. The zero-order valence-corrected chi connectivity index (χ0v) is 8.20. The Morgan fingerprint density at radius 2 is 2.23 bits per heavy atom. The smallest absolute Gasteiger partial charge is 0.149 e. The summed E-state index contributed by atoms with van der Waals surface area (Å²) in [5.41, 5.74) is 0.319. The van der Waals surface area contributed by atoms with Gasteiger partial charge in [-0.05, 0) is 32.4 Å². The third kappa shape index (κ3) is 3.85. The second kappa shape index (κ2) is 3.70. The molecule has 13 heavy (non-hydrogen) atoms. The number of aliphatic hydroxyl groups is 1. The normalized spacial score (nSPS) is 11.4. The number of aromatic nitrogens is 2. The van der Waals surface area contributed by atoms with E-state index < -0.39 is 5.60 Å². The molecule has 0 aliphatic carbocycles. The van der Waals surface area contributed by atoms with Gasteiger partial charge in [-0.2, -0.15) is 5.10 Å². The van der Waals surface area contributed by atoms with Crippen molar-refractivity contribution < 1.29 is 5.11 Å². The summed E-state index contributed by atoms with van der Waals surface area (Å²) in [5.74, 6) is 0.696. The fourth-order valence-electron chi connectivity index (χ4n) is 0.857. The van der Waals surface area contributed by atoms with Crippen LogP contribution >= 0.6 is 0 Å². The Hall–Kier alpha value is -1.16. The van der Waals surface area contributed by atoms with Crippen molar-refractivity contribution in [1.29, 1.82) is 0 Å². The van der Waals surface area contributed by atoms with Gasteiger partial charge in [0.25, 0.3) is 0 Å². The lowest BCUT2D eigenvalue weighted by Crippen LogP contribution is -2.29. The van der Waals surface area contributed by atoms with Gasteiger partial charge in [-0.3, -0.25) is 0 Å². The van der Waals surface area contributed by atoms with Crippen LogP contribution in [0.5, 0.6) is 0 Å². The van der Waals surface area contributed by atoms with Crippen molar-refractivity contribution in [2.45, 2.75) is 26.4 Å². The second-order valence-corrected chi connectivity index (χ2v) is 3.78. The highest BCUT2D eigenvalue weighted by Gasteiger charge is 2.11. The Morgan fingerprint density at radius 3 is 2.77 bits per heavy atom. The van der Waals surface area contributed by atoms with Crippen molar-refractivity contribution in [2.75, 3.05) is 11.9 Å². The van der Waals surface area contributed by atoms with Crippen LogP contribution in [0.15, 0.2) is 12.3 Å². The first-order valence-corrected chi connectivity index (χ1v) is 4.23. The summed E-state index contributed by atoms with van der Waals surface area (Å²) in [7, 11) is 0. The van der Waals surface area contributed by atoms with Crippen LogP contribution in [0.25, 0.3) is 0 Å². The van der Waals surface area contributed by atoms with Crippen LogP contribution in [-0.4, -0.2) is 27.4 Å². The van der Waals surface area contributed by atoms with Gasteiger partial charge in [0.15, 0.2) is 0 Å². The van der Waals surface area contributed by atoms with Gasteiger partial charge in [0.1, 0.15) is 5.82 Å². The number of nitrogens with zero attached hydrogens (tertiary/aromatic N) is 2. The summed E-state index contributed by atoms with van der Waals surface area (Å²) in [5, 5.41) is 20.1. The predicted molar refractivity (Wildman–Crippen MR) is 51.6 cm³/mol. The summed E-state index contributed by atoms with van der Waals surface area (Å²) < 4.78 is 0. The predicted octanol–water partition coefficient (Wildman–Crippen LogP) is 0.968. The first-order chi connectivity index (χ1) is 5.97. The topological polar surface area (TPSA) is 58.0 Å². The number of hydrogen-bond acceptors (Lipinski definition) is 4. The van der Waals surface area contributed by atoms with Crippen molar-refractivity contribution in [2.24, 2.45) is 0 Å². The maximum absolute atomic E-state index is 9.44. The van der Waals surface area contributed by atoms with Gasteiger partial charge in [0, 0.05) is 6.54 Å². The first-order valence-electron chi connectivity index (χ1n) is 4.23. The van der Waals surface area contributed by atoms with E-state index >= 15 is 0 Å². The summed E-state index contributed by atoms with van der Waals surface area (Å²) in [6.07, 6.45) is 1.69. The summed E-state index contributed by atoms with van der Waals surface area (Å²) in [4.78, 5) is 0.